The molecule has 0 bridgehead atoms. The summed E-state index contributed by atoms with van der Waals surface area (Å²) in [5.41, 5.74) is 2.43. The summed E-state index contributed by atoms with van der Waals surface area (Å²) in [7, 11) is 3.50. The number of rotatable bonds is 8. The SMILES string of the molecule is CN(C)C(C(=O)O)[C@H]1c2cc(OCc3ccc4ccccc4n3)ccc2OC[C@H]1Oc1cccnc1. The fourth-order valence-electron chi connectivity index (χ4n) is 4.60. The first-order chi connectivity index (χ1) is 17.5. The minimum absolute atomic E-state index is 0.214. The van der Waals surface area contributed by atoms with E-state index in [1.807, 2.05) is 54.6 Å². The largest absolute Gasteiger partial charge is 0.489 e. The van der Waals surface area contributed by atoms with E-state index in [-0.39, 0.29) is 13.2 Å². The lowest BCUT2D eigenvalue weighted by atomic mass is 9.83. The molecule has 0 spiro atoms. The molecule has 36 heavy (non-hydrogen) atoms. The van der Waals surface area contributed by atoms with Crippen LogP contribution in [0.4, 0.5) is 0 Å². The normalized spacial score (nSPS) is 17.8. The number of carbonyl (C=O) groups is 1. The van der Waals surface area contributed by atoms with Crippen LogP contribution in [0.25, 0.3) is 10.9 Å². The number of carboxylic acids is 1. The first kappa shape index (κ1) is 23.6. The van der Waals surface area contributed by atoms with E-state index in [2.05, 4.69) is 9.97 Å². The molecule has 4 aromatic rings. The molecule has 2 aromatic heterocycles. The van der Waals surface area contributed by atoms with Crippen LogP contribution in [-0.4, -0.2) is 58.8 Å². The second-order valence-corrected chi connectivity index (χ2v) is 8.91. The summed E-state index contributed by atoms with van der Waals surface area (Å²) in [6, 6.07) is 20.1. The molecule has 1 N–H and O–H groups in total. The number of carboxylic acid groups (broad SMARTS) is 1. The Balaban J connectivity index is 1.44. The number of aliphatic carboxylic acids is 1. The van der Waals surface area contributed by atoms with Crippen LogP contribution in [0.3, 0.4) is 0 Å². The molecule has 1 unspecified atom stereocenters. The number of fused-ring (bicyclic) bond motifs is 2. The molecule has 0 radical (unpaired) electrons. The van der Waals surface area contributed by atoms with Gasteiger partial charge in [-0.15, -0.1) is 0 Å². The molecule has 1 aliphatic heterocycles. The molecule has 0 saturated heterocycles. The third-order valence-electron chi connectivity index (χ3n) is 6.26. The lowest BCUT2D eigenvalue weighted by Gasteiger charge is -2.39. The van der Waals surface area contributed by atoms with Crippen molar-refractivity contribution >= 4 is 16.9 Å². The molecular weight excluding hydrogens is 458 g/mol. The predicted octanol–water partition coefficient (Wildman–Crippen LogP) is 4.15. The van der Waals surface area contributed by atoms with E-state index in [1.54, 1.807) is 43.5 Å². The highest BCUT2D eigenvalue weighted by Crippen LogP contribution is 2.41. The molecule has 3 atom stereocenters. The second kappa shape index (κ2) is 10.2. The molecular formula is C28H27N3O5. The van der Waals surface area contributed by atoms with Gasteiger partial charge in [0, 0.05) is 17.1 Å². The predicted molar refractivity (Wildman–Crippen MR) is 135 cm³/mol. The van der Waals surface area contributed by atoms with Gasteiger partial charge in [0.25, 0.3) is 0 Å². The molecule has 8 heteroatoms. The summed E-state index contributed by atoms with van der Waals surface area (Å²) in [4.78, 5) is 22.8. The summed E-state index contributed by atoms with van der Waals surface area (Å²) in [6.45, 7) is 0.492. The third kappa shape index (κ3) is 4.94. The van der Waals surface area contributed by atoms with Crippen molar-refractivity contribution in [3.8, 4) is 17.2 Å². The van der Waals surface area contributed by atoms with Gasteiger partial charge in [0.15, 0.2) is 0 Å². The van der Waals surface area contributed by atoms with Crippen LogP contribution < -0.4 is 14.2 Å². The number of hydrogen-bond acceptors (Lipinski definition) is 7. The van der Waals surface area contributed by atoms with Gasteiger partial charge in [-0.2, -0.15) is 0 Å². The van der Waals surface area contributed by atoms with Crippen molar-refractivity contribution in [2.45, 2.75) is 24.7 Å². The first-order valence-electron chi connectivity index (χ1n) is 11.7. The summed E-state index contributed by atoms with van der Waals surface area (Å²) < 4.78 is 18.3. The zero-order valence-corrected chi connectivity index (χ0v) is 20.1. The average Bonchev–Trinajstić information content (AvgIpc) is 2.88. The number of likely N-dealkylation sites (N-methyl/N-ethyl adjacent to an activating group) is 1. The number of pyridine rings is 2. The third-order valence-corrected chi connectivity index (χ3v) is 6.26. The Kier molecular flexibility index (Phi) is 6.69. The monoisotopic (exact) mass is 485 g/mol. The molecule has 184 valence electrons. The average molecular weight is 486 g/mol. The van der Waals surface area contributed by atoms with Gasteiger partial charge in [-0.1, -0.05) is 24.3 Å². The van der Waals surface area contributed by atoms with Crippen molar-refractivity contribution in [2.75, 3.05) is 20.7 Å². The number of hydrogen-bond donors (Lipinski definition) is 1. The van der Waals surface area contributed by atoms with E-state index in [9.17, 15) is 9.90 Å². The van der Waals surface area contributed by atoms with Gasteiger partial charge in [-0.05, 0) is 56.6 Å². The molecule has 1 aliphatic rings. The van der Waals surface area contributed by atoms with Gasteiger partial charge in [0.05, 0.1) is 23.3 Å². The quantitative estimate of drug-likeness (QED) is 0.398. The van der Waals surface area contributed by atoms with Crippen LogP contribution in [0.2, 0.25) is 0 Å². The molecule has 5 rings (SSSR count). The highest BCUT2D eigenvalue weighted by Gasteiger charge is 2.43. The van der Waals surface area contributed by atoms with Crippen molar-refractivity contribution in [1.82, 2.24) is 14.9 Å². The van der Waals surface area contributed by atoms with Crippen LogP contribution in [-0.2, 0) is 11.4 Å². The number of aromatic nitrogens is 2. The van der Waals surface area contributed by atoms with Gasteiger partial charge in [0.1, 0.15) is 42.6 Å². The Morgan fingerprint density at radius 2 is 1.97 bits per heavy atom. The van der Waals surface area contributed by atoms with Crippen molar-refractivity contribution in [3.05, 3.63) is 90.4 Å². The van der Waals surface area contributed by atoms with Crippen molar-refractivity contribution in [3.63, 3.8) is 0 Å². The van der Waals surface area contributed by atoms with Gasteiger partial charge in [-0.3, -0.25) is 14.7 Å². The molecule has 2 aromatic carbocycles. The van der Waals surface area contributed by atoms with E-state index < -0.39 is 24.0 Å². The number of benzene rings is 2. The topological polar surface area (TPSA) is 94.0 Å². The second-order valence-electron chi connectivity index (χ2n) is 8.91. The molecule has 8 nitrogen and oxygen atoms in total. The fraction of sp³-hybridized carbons (Fsp3) is 0.250. The van der Waals surface area contributed by atoms with Gasteiger partial charge >= 0.3 is 5.97 Å². The maximum absolute atomic E-state index is 12.4. The summed E-state index contributed by atoms with van der Waals surface area (Å²) in [5.74, 6) is 0.322. The van der Waals surface area contributed by atoms with E-state index in [0.717, 1.165) is 22.2 Å². The van der Waals surface area contributed by atoms with E-state index in [1.165, 1.54) is 0 Å². The number of nitrogens with zero attached hydrogens (tertiary/aromatic N) is 3. The van der Waals surface area contributed by atoms with Crippen LogP contribution in [0.5, 0.6) is 17.2 Å². The molecule has 0 amide bonds. The zero-order chi connectivity index (χ0) is 25.1. The highest BCUT2D eigenvalue weighted by molar-refractivity contribution is 5.78. The van der Waals surface area contributed by atoms with Crippen LogP contribution >= 0.6 is 0 Å². The summed E-state index contributed by atoms with van der Waals surface area (Å²) in [5, 5.41) is 11.2. The molecule has 3 heterocycles. The fourth-order valence-corrected chi connectivity index (χ4v) is 4.60. The molecule has 0 saturated carbocycles. The Labute approximate surface area is 209 Å². The minimum atomic E-state index is -0.940. The van der Waals surface area contributed by atoms with Crippen molar-refractivity contribution < 1.29 is 24.1 Å². The summed E-state index contributed by atoms with van der Waals surface area (Å²) in [6.07, 6.45) is 2.72. The van der Waals surface area contributed by atoms with E-state index in [4.69, 9.17) is 14.2 Å². The first-order valence-corrected chi connectivity index (χ1v) is 11.7. The van der Waals surface area contributed by atoms with Gasteiger partial charge in [0.2, 0.25) is 0 Å². The zero-order valence-electron chi connectivity index (χ0n) is 20.1. The lowest BCUT2D eigenvalue weighted by Crippen LogP contribution is -2.50. The van der Waals surface area contributed by atoms with Crippen molar-refractivity contribution in [2.24, 2.45) is 0 Å². The van der Waals surface area contributed by atoms with Gasteiger partial charge < -0.3 is 19.3 Å². The lowest BCUT2D eigenvalue weighted by molar-refractivity contribution is -0.144. The smallest absolute Gasteiger partial charge is 0.321 e. The Morgan fingerprint density at radius 3 is 2.75 bits per heavy atom. The Hall–Kier alpha value is -4.17. The maximum atomic E-state index is 12.4. The Bertz CT molecular complexity index is 1360. The van der Waals surface area contributed by atoms with Crippen LogP contribution in [0, 0.1) is 0 Å². The van der Waals surface area contributed by atoms with E-state index >= 15 is 0 Å². The number of para-hydroxylation sites is 1. The molecule has 0 fully saturated rings. The maximum Gasteiger partial charge on any atom is 0.321 e. The van der Waals surface area contributed by atoms with E-state index in [0.29, 0.717) is 17.2 Å². The Morgan fingerprint density at radius 1 is 1.11 bits per heavy atom. The minimum Gasteiger partial charge on any atom is -0.489 e. The van der Waals surface area contributed by atoms with Crippen molar-refractivity contribution in [1.29, 1.82) is 0 Å². The standard InChI is InChI=1S/C28H27N3O5/c1-31(2)27(28(32)33)26-22-14-20(34-16-19-10-9-18-6-3-4-8-23(18)30-19)11-12-24(22)35-17-25(26)36-21-7-5-13-29-15-21/h3-15,25-27H,16-17H2,1-2H3,(H,32,33)/t25-,26+,27?/m1/s1. The van der Waals surface area contributed by atoms with Crippen LogP contribution in [0.1, 0.15) is 17.2 Å². The van der Waals surface area contributed by atoms with Crippen LogP contribution in [0.15, 0.2) is 79.1 Å². The number of ether oxygens (including phenoxy) is 3. The summed E-state index contributed by atoms with van der Waals surface area (Å²) >= 11 is 0. The molecule has 0 aliphatic carbocycles. The highest BCUT2D eigenvalue weighted by atomic mass is 16.5. The van der Waals surface area contributed by atoms with Gasteiger partial charge in [-0.25, -0.2) is 4.98 Å².